The van der Waals surface area contributed by atoms with E-state index in [4.69, 9.17) is 0 Å². The highest BCUT2D eigenvalue weighted by atomic mass is 127. The molecule has 0 aliphatic rings. The molecule has 0 bridgehead atoms. The second-order valence-electron chi connectivity index (χ2n) is 5.92. The molecule has 0 unspecified atom stereocenters. The SMILES string of the molecule is CN=C(NCCCCC(F)(F)F)NCCCn1ccc2ccccc21.I. The van der Waals surface area contributed by atoms with Gasteiger partial charge in [-0.25, -0.2) is 0 Å². The summed E-state index contributed by atoms with van der Waals surface area (Å²) in [6.07, 6.45) is -1.19. The Labute approximate surface area is 169 Å². The Hall–Kier alpha value is -1.45. The summed E-state index contributed by atoms with van der Waals surface area (Å²) in [7, 11) is 1.66. The number of rotatable bonds is 8. The summed E-state index contributed by atoms with van der Waals surface area (Å²) in [5, 5.41) is 7.46. The smallest absolute Gasteiger partial charge is 0.356 e. The minimum atomic E-state index is -4.07. The first-order chi connectivity index (χ1) is 12.0. The van der Waals surface area contributed by atoms with E-state index in [0.29, 0.717) is 18.9 Å². The minimum absolute atomic E-state index is 0. The number of guanidine groups is 1. The number of hydrogen-bond acceptors (Lipinski definition) is 1. The molecule has 0 aliphatic carbocycles. The van der Waals surface area contributed by atoms with Gasteiger partial charge in [0.2, 0.25) is 0 Å². The number of hydrogen-bond donors (Lipinski definition) is 2. The predicted molar refractivity (Wildman–Crippen MR) is 111 cm³/mol. The number of halogens is 4. The van der Waals surface area contributed by atoms with Gasteiger partial charge in [0.25, 0.3) is 0 Å². The second-order valence-corrected chi connectivity index (χ2v) is 5.92. The Morgan fingerprint density at radius 3 is 2.42 bits per heavy atom. The third-order valence-corrected chi connectivity index (χ3v) is 3.95. The lowest BCUT2D eigenvalue weighted by atomic mass is 10.2. The molecule has 0 aliphatic heterocycles. The van der Waals surface area contributed by atoms with Gasteiger partial charge in [-0.2, -0.15) is 13.2 Å². The van der Waals surface area contributed by atoms with Crippen LogP contribution in [0.25, 0.3) is 10.9 Å². The molecule has 26 heavy (non-hydrogen) atoms. The van der Waals surface area contributed by atoms with Crippen LogP contribution in [0.3, 0.4) is 0 Å². The molecule has 0 saturated heterocycles. The van der Waals surface area contributed by atoms with E-state index in [1.165, 1.54) is 10.9 Å². The lowest BCUT2D eigenvalue weighted by Gasteiger charge is -2.12. The zero-order chi connectivity index (χ0) is 18.1. The molecule has 0 fully saturated rings. The molecule has 0 radical (unpaired) electrons. The molecule has 0 saturated carbocycles. The van der Waals surface area contributed by atoms with E-state index in [9.17, 15) is 13.2 Å². The standard InChI is InChI=1S/C18H25F3N4.HI/c1-22-17(23-11-5-4-10-18(19,20)21)24-12-6-13-25-14-9-15-7-2-3-8-16(15)25;/h2-3,7-9,14H,4-6,10-13H2,1H3,(H2,22,23,24);1H. The Bertz CT molecular complexity index is 682. The average molecular weight is 482 g/mol. The van der Waals surface area contributed by atoms with Crippen LogP contribution in [0.1, 0.15) is 25.7 Å². The summed E-state index contributed by atoms with van der Waals surface area (Å²) in [4.78, 5) is 4.08. The van der Waals surface area contributed by atoms with Gasteiger partial charge in [0, 0.05) is 44.8 Å². The van der Waals surface area contributed by atoms with Crippen molar-refractivity contribution in [2.24, 2.45) is 4.99 Å². The maximum Gasteiger partial charge on any atom is 0.389 e. The molecule has 0 amide bonds. The van der Waals surface area contributed by atoms with Crippen LogP contribution in [0.15, 0.2) is 41.5 Å². The maximum atomic E-state index is 12.1. The van der Waals surface area contributed by atoms with Crippen LogP contribution in [0.5, 0.6) is 0 Å². The van der Waals surface area contributed by atoms with E-state index in [1.54, 1.807) is 7.05 Å². The molecule has 0 spiro atoms. The number of aliphatic imine (C=N–C) groups is 1. The van der Waals surface area contributed by atoms with Crippen molar-refractivity contribution < 1.29 is 13.2 Å². The number of nitrogens with zero attached hydrogens (tertiary/aromatic N) is 2. The molecular formula is C18H26F3IN4. The highest BCUT2D eigenvalue weighted by Crippen LogP contribution is 2.21. The fourth-order valence-electron chi connectivity index (χ4n) is 2.67. The van der Waals surface area contributed by atoms with Crippen molar-refractivity contribution in [2.45, 2.75) is 38.4 Å². The van der Waals surface area contributed by atoms with Gasteiger partial charge in [0.15, 0.2) is 5.96 Å². The first kappa shape index (κ1) is 22.6. The molecule has 2 aromatic rings. The van der Waals surface area contributed by atoms with Gasteiger partial charge >= 0.3 is 6.18 Å². The summed E-state index contributed by atoms with van der Waals surface area (Å²) in [6.45, 7) is 2.12. The third-order valence-electron chi connectivity index (χ3n) is 3.95. The number of alkyl halides is 3. The Morgan fingerprint density at radius 2 is 1.73 bits per heavy atom. The zero-order valence-corrected chi connectivity index (χ0v) is 17.2. The van der Waals surface area contributed by atoms with Crippen molar-refractivity contribution in [1.29, 1.82) is 0 Å². The minimum Gasteiger partial charge on any atom is -0.356 e. The van der Waals surface area contributed by atoms with Crippen LogP contribution in [0.4, 0.5) is 13.2 Å². The highest BCUT2D eigenvalue weighted by molar-refractivity contribution is 14.0. The van der Waals surface area contributed by atoms with Crippen molar-refractivity contribution in [1.82, 2.24) is 15.2 Å². The summed E-state index contributed by atoms with van der Waals surface area (Å²) in [5.74, 6) is 0.629. The molecule has 1 aromatic heterocycles. The van der Waals surface area contributed by atoms with Crippen molar-refractivity contribution in [3.63, 3.8) is 0 Å². The van der Waals surface area contributed by atoms with Gasteiger partial charge in [0.1, 0.15) is 0 Å². The molecule has 146 valence electrons. The average Bonchev–Trinajstić information content (AvgIpc) is 2.98. The molecular weight excluding hydrogens is 456 g/mol. The van der Waals surface area contributed by atoms with Crippen LogP contribution >= 0.6 is 24.0 Å². The summed E-state index contributed by atoms with van der Waals surface area (Å²) in [5.41, 5.74) is 1.22. The molecule has 0 atom stereocenters. The number of aromatic nitrogens is 1. The van der Waals surface area contributed by atoms with E-state index in [1.807, 2.05) is 12.1 Å². The molecule has 2 N–H and O–H groups in total. The van der Waals surface area contributed by atoms with Crippen molar-refractivity contribution in [2.75, 3.05) is 20.1 Å². The molecule has 8 heteroatoms. The van der Waals surface area contributed by atoms with E-state index < -0.39 is 12.6 Å². The van der Waals surface area contributed by atoms with Gasteiger partial charge in [-0.15, -0.1) is 24.0 Å². The maximum absolute atomic E-state index is 12.1. The first-order valence-corrected chi connectivity index (χ1v) is 8.55. The number of aryl methyl sites for hydroxylation is 1. The summed E-state index contributed by atoms with van der Waals surface area (Å²) >= 11 is 0. The third kappa shape index (κ3) is 7.84. The Morgan fingerprint density at radius 1 is 1.04 bits per heavy atom. The molecule has 1 aromatic carbocycles. The predicted octanol–water partition coefficient (Wildman–Crippen LogP) is 4.55. The van der Waals surface area contributed by atoms with E-state index in [2.05, 4.69) is 44.6 Å². The van der Waals surface area contributed by atoms with Gasteiger partial charge in [0.05, 0.1) is 0 Å². The lowest BCUT2D eigenvalue weighted by molar-refractivity contribution is -0.135. The van der Waals surface area contributed by atoms with Crippen LogP contribution in [-0.2, 0) is 6.54 Å². The largest absolute Gasteiger partial charge is 0.389 e. The van der Waals surface area contributed by atoms with Crippen LogP contribution in [-0.4, -0.2) is 36.8 Å². The number of fused-ring (bicyclic) bond motifs is 1. The summed E-state index contributed by atoms with van der Waals surface area (Å²) < 4.78 is 38.4. The van der Waals surface area contributed by atoms with Crippen molar-refractivity contribution in [3.05, 3.63) is 36.5 Å². The number of benzene rings is 1. The Balaban J connectivity index is 0.00000338. The fraction of sp³-hybridized carbons (Fsp3) is 0.500. The normalized spacial score (nSPS) is 12.1. The monoisotopic (exact) mass is 482 g/mol. The van der Waals surface area contributed by atoms with Gasteiger partial charge < -0.3 is 15.2 Å². The second kappa shape index (κ2) is 11.3. The van der Waals surface area contributed by atoms with Crippen LogP contribution in [0.2, 0.25) is 0 Å². The number of unbranched alkanes of at least 4 members (excludes halogenated alkanes) is 1. The Kier molecular flexibility index (Phi) is 9.82. The quantitative estimate of drug-likeness (QED) is 0.251. The highest BCUT2D eigenvalue weighted by Gasteiger charge is 2.25. The van der Waals surface area contributed by atoms with Crippen LogP contribution < -0.4 is 10.6 Å². The first-order valence-electron chi connectivity index (χ1n) is 8.55. The molecule has 1 heterocycles. The lowest BCUT2D eigenvalue weighted by Crippen LogP contribution is -2.38. The zero-order valence-electron chi connectivity index (χ0n) is 14.9. The fourth-order valence-corrected chi connectivity index (χ4v) is 2.67. The van der Waals surface area contributed by atoms with Crippen molar-refractivity contribution in [3.8, 4) is 0 Å². The van der Waals surface area contributed by atoms with Crippen molar-refractivity contribution >= 4 is 40.8 Å². The summed E-state index contributed by atoms with van der Waals surface area (Å²) in [6, 6.07) is 10.4. The molecule has 2 rings (SSSR count). The van der Waals surface area contributed by atoms with Gasteiger partial charge in [-0.1, -0.05) is 18.2 Å². The molecule has 4 nitrogen and oxygen atoms in total. The number of nitrogens with one attached hydrogen (secondary N) is 2. The van der Waals surface area contributed by atoms with E-state index >= 15 is 0 Å². The van der Waals surface area contributed by atoms with E-state index in [-0.39, 0.29) is 30.4 Å². The van der Waals surface area contributed by atoms with E-state index in [0.717, 1.165) is 19.5 Å². The van der Waals surface area contributed by atoms with Gasteiger partial charge in [-0.3, -0.25) is 4.99 Å². The van der Waals surface area contributed by atoms with Crippen LogP contribution in [0, 0.1) is 0 Å². The van der Waals surface area contributed by atoms with Gasteiger partial charge in [-0.05, 0) is 36.8 Å². The topological polar surface area (TPSA) is 41.4 Å². The number of para-hydroxylation sites is 1.